The third-order valence-corrected chi connectivity index (χ3v) is 2.96. The first-order valence-electron chi connectivity index (χ1n) is 6.06. The number of anilines is 1. The van der Waals surface area contributed by atoms with Crippen molar-refractivity contribution in [1.82, 2.24) is 10.6 Å². The van der Waals surface area contributed by atoms with Crippen LogP contribution < -0.4 is 16.0 Å². The predicted molar refractivity (Wildman–Crippen MR) is 69.0 cm³/mol. The van der Waals surface area contributed by atoms with Crippen molar-refractivity contribution in [2.24, 2.45) is 0 Å². The van der Waals surface area contributed by atoms with Gasteiger partial charge in [-0.1, -0.05) is 12.1 Å². The van der Waals surface area contributed by atoms with Gasteiger partial charge in [0.05, 0.1) is 0 Å². The second-order valence-corrected chi connectivity index (χ2v) is 4.32. The number of rotatable bonds is 5. The van der Waals surface area contributed by atoms with Gasteiger partial charge in [-0.2, -0.15) is 0 Å². The minimum Gasteiger partial charge on any atom is -0.326 e. The van der Waals surface area contributed by atoms with Crippen molar-refractivity contribution in [2.75, 3.05) is 25.6 Å². The summed E-state index contributed by atoms with van der Waals surface area (Å²) in [5.74, 6) is 0.126. The van der Waals surface area contributed by atoms with Crippen LogP contribution >= 0.6 is 0 Å². The minimum atomic E-state index is 0.126. The van der Waals surface area contributed by atoms with Crippen LogP contribution in [-0.2, 0) is 17.6 Å². The molecule has 2 rings (SSSR count). The van der Waals surface area contributed by atoms with Crippen molar-refractivity contribution in [3.63, 3.8) is 0 Å². The fourth-order valence-corrected chi connectivity index (χ4v) is 2.04. The number of carbonyl (C=O) groups excluding carboxylic acids is 1. The molecule has 4 heteroatoms. The molecule has 0 atom stereocenters. The molecule has 1 aromatic rings. The molecule has 4 nitrogen and oxygen atoms in total. The molecule has 1 amide bonds. The summed E-state index contributed by atoms with van der Waals surface area (Å²) in [6.07, 6.45) is 2.48. The maximum Gasteiger partial charge on any atom is 0.224 e. The Morgan fingerprint density at radius 2 is 2.24 bits per heavy atom. The van der Waals surface area contributed by atoms with Gasteiger partial charge in [-0.15, -0.1) is 0 Å². The Hall–Kier alpha value is -1.39. The van der Waals surface area contributed by atoms with Gasteiger partial charge in [0.15, 0.2) is 0 Å². The van der Waals surface area contributed by atoms with E-state index in [1.165, 1.54) is 11.1 Å². The van der Waals surface area contributed by atoms with Crippen LogP contribution in [0.25, 0.3) is 0 Å². The lowest BCUT2D eigenvalue weighted by molar-refractivity contribution is -0.116. The number of aryl methyl sites for hydroxylation is 1. The number of hydrogen-bond acceptors (Lipinski definition) is 3. The zero-order valence-electron chi connectivity index (χ0n) is 10.2. The standard InChI is InChI=1S/C13H19N3O/c1-14-9-15-7-6-10-2-4-12-11(8-10)3-5-13(17)16-12/h2,4,8,14-15H,3,5-7,9H2,1H3,(H,16,17). The number of benzene rings is 1. The van der Waals surface area contributed by atoms with Gasteiger partial charge in [-0.05, 0) is 37.1 Å². The van der Waals surface area contributed by atoms with E-state index in [2.05, 4.69) is 28.1 Å². The lowest BCUT2D eigenvalue weighted by Crippen LogP contribution is -2.27. The highest BCUT2D eigenvalue weighted by Crippen LogP contribution is 2.23. The smallest absolute Gasteiger partial charge is 0.224 e. The summed E-state index contributed by atoms with van der Waals surface area (Å²) < 4.78 is 0. The molecule has 0 bridgehead atoms. The second-order valence-electron chi connectivity index (χ2n) is 4.32. The Labute approximate surface area is 102 Å². The highest BCUT2D eigenvalue weighted by Gasteiger charge is 2.14. The first-order valence-corrected chi connectivity index (χ1v) is 6.06. The molecule has 0 saturated heterocycles. The molecule has 0 aliphatic carbocycles. The quantitative estimate of drug-likeness (QED) is 0.523. The number of nitrogens with one attached hydrogen (secondary N) is 3. The van der Waals surface area contributed by atoms with Crippen LogP contribution in [-0.4, -0.2) is 26.2 Å². The van der Waals surface area contributed by atoms with Crippen LogP contribution in [0.3, 0.4) is 0 Å². The van der Waals surface area contributed by atoms with E-state index >= 15 is 0 Å². The van der Waals surface area contributed by atoms with E-state index in [1.54, 1.807) is 0 Å². The Kier molecular flexibility index (Phi) is 4.12. The summed E-state index contributed by atoms with van der Waals surface area (Å²) in [6, 6.07) is 6.31. The number of fused-ring (bicyclic) bond motifs is 1. The van der Waals surface area contributed by atoms with E-state index in [1.807, 2.05) is 13.1 Å². The van der Waals surface area contributed by atoms with Crippen molar-refractivity contribution >= 4 is 11.6 Å². The molecule has 0 radical (unpaired) electrons. The molecule has 17 heavy (non-hydrogen) atoms. The van der Waals surface area contributed by atoms with E-state index < -0.39 is 0 Å². The minimum absolute atomic E-state index is 0.126. The summed E-state index contributed by atoms with van der Waals surface area (Å²) >= 11 is 0. The van der Waals surface area contributed by atoms with Gasteiger partial charge >= 0.3 is 0 Å². The van der Waals surface area contributed by atoms with Crippen molar-refractivity contribution in [3.05, 3.63) is 29.3 Å². The Morgan fingerprint density at radius 3 is 3.06 bits per heavy atom. The summed E-state index contributed by atoms with van der Waals surface area (Å²) in [5.41, 5.74) is 3.56. The van der Waals surface area contributed by atoms with E-state index in [-0.39, 0.29) is 5.91 Å². The van der Waals surface area contributed by atoms with Gasteiger partial charge < -0.3 is 16.0 Å². The molecule has 0 unspecified atom stereocenters. The van der Waals surface area contributed by atoms with Gasteiger partial charge in [-0.3, -0.25) is 4.79 Å². The molecular formula is C13H19N3O. The van der Waals surface area contributed by atoms with Crippen LogP contribution in [0.1, 0.15) is 17.5 Å². The van der Waals surface area contributed by atoms with Crippen molar-refractivity contribution in [2.45, 2.75) is 19.3 Å². The van der Waals surface area contributed by atoms with Gasteiger partial charge in [0, 0.05) is 25.3 Å². The molecule has 92 valence electrons. The first-order chi connectivity index (χ1) is 8.29. The van der Waals surface area contributed by atoms with Crippen LogP contribution in [0.4, 0.5) is 5.69 Å². The maximum absolute atomic E-state index is 11.2. The molecule has 1 aliphatic heterocycles. The van der Waals surface area contributed by atoms with Gasteiger partial charge in [-0.25, -0.2) is 0 Å². The second kappa shape index (κ2) is 5.80. The third-order valence-electron chi connectivity index (χ3n) is 2.96. The Bertz CT molecular complexity index is 404. The molecule has 0 saturated carbocycles. The monoisotopic (exact) mass is 233 g/mol. The normalized spacial score (nSPS) is 14.3. The van der Waals surface area contributed by atoms with Crippen molar-refractivity contribution in [3.8, 4) is 0 Å². The van der Waals surface area contributed by atoms with Crippen LogP contribution in [0.5, 0.6) is 0 Å². The number of carbonyl (C=O) groups is 1. The lowest BCUT2D eigenvalue weighted by atomic mass is 9.99. The van der Waals surface area contributed by atoms with Crippen LogP contribution in [0.15, 0.2) is 18.2 Å². The van der Waals surface area contributed by atoms with Crippen LogP contribution in [0.2, 0.25) is 0 Å². The van der Waals surface area contributed by atoms with Crippen molar-refractivity contribution < 1.29 is 4.79 Å². The Balaban J connectivity index is 1.94. The SMILES string of the molecule is CNCNCCc1ccc2c(c1)CCC(=O)N2. The van der Waals surface area contributed by atoms with E-state index in [0.717, 1.165) is 31.7 Å². The summed E-state index contributed by atoms with van der Waals surface area (Å²) in [5, 5.41) is 9.24. The molecule has 1 heterocycles. The zero-order valence-corrected chi connectivity index (χ0v) is 10.2. The molecule has 0 fully saturated rings. The van der Waals surface area contributed by atoms with E-state index in [9.17, 15) is 4.79 Å². The lowest BCUT2D eigenvalue weighted by Gasteiger charge is -2.17. The largest absolute Gasteiger partial charge is 0.326 e. The summed E-state index contributed by atoms with van der Waals surface area (Å²) in [7, 11) is 1.93. The number of hydrogen-bond donors (Lipinski definition) is 3. The Morgan fingerprint density at radius 1 is 1.35 bits per heavy atom. The molecule has 3 N–H and O–H groups in total. The van der Waals surface area contributed by atoms with E-state index in [4.69, 9.17) is 0 Å². The third kappa shape index (κ3) is 3.28. The maximum atomic E-state index is 11.2. The molecule has 0 aromatic heterocycles. The molecule has 1 aromatic carbocycles. The molecule has 0 spiro atoms. The topological polar surface area (TPSA) is 53.2 Å². The number of amides is 1. The molecule has 1 aliphatic rings. The average Bonchev–Trinajstić information content (AvgIpc) is 2.35. The molecular weight excluding hydrogens is 214 g/mol. The highest BCUT2D eigenvalue weighted by molar-refractivity contribution is 5.93. The average molecular weight is 233 g/mol. The highest BCUT2D eigenvalue weighted by atomic mass is 16.1. The zero-order chi connectivity index (χ0) is 12.1. The van der Waals surface area contributed by atoms with Gasteiger partial charge in [0.25, 0.3) is 0 Å². The van der Waals surface area contributed by atoms with Gasteiger partial charge in [0.1, 0.15) is 0 Å². The van der Waals surface area contributed by atoms with E-state index in [0.29, 0.717) is 6.42 Å². The fraction of sp³-hybridized carbons (Fsp3) is 0.462. The van der Waals surface area contributed by atoms with Crippen molar-refractivity contribution in [1.29, 1.82) is 0 Å². The summed E-state index contributed by atoms with van der Waals surface area (Å²) in [6.45, 7) is 1.80. The predicted octanol–water partition coefficient (Wildman–Crippen LogP) is 0.880. The summed E-state index contributed by atoms with van der Waals surface area (Å²) in [4.78, 5) is 11.2. The van der Waals surface area contributed by atoms with Crippen LogP contribution in [0, 0.1) is 0 Å². The fourth-order valence-electron chi connectivity index (χ4n) is 2.04. The first kappa shape index (κ1) is 12.1. The van der Waals surface area contributed by atoms with Gasteiger partial charge in [0.2, 0.25) is 5.91 Å².